The largest absolute Gasteiger partial charge is 0.502 e. The topological polar surface area (TPSA) is 76.7 Å². The molecule has 1 aromatic heterocycles. The van der Waals surface area contributed by atoms with Gasteiger partial charge in [0, 0.05) is 11.5 Å². The van der Waals surface area contributed by atoms with Crippen LogP contribution >= 0.6 is 0 Å². The van der Waals surface area contributed by atoms with Crippen molar-refractivity contribution < 1.29 is 19.1 Å². The van der Waals surface area contributed by atoms with E-state index in [1.54, 1.807) is 6.92 Å². The summed E-state index contributed by atoms with van der Waals surface area (Å²) in [5.74, 6) is -0.0397. The summed E-state index contributed by atoms with van der Waals surface area (Å²) in [6.07, 6.45) is 4.51. The van der Waals surface area contributed by atoms with Crippen LogP contribution in [-0.2, 0) is 14.9 Å². The lowest BCUT2D eigenvalue weighted by Gasteiger charge is -2.35. The minimum Gasteiger partial charge on any atom is -0.502 e. The molecule has 5 heteroatoms. The number of carbonyl (C=O) groups is 1. The van der Waals surface area contributed by atoms with E-state index in [2.05, 4.69) is 0 Å². The lowest BCUT2D eigenvalue weighted by molar-refractivity contribution is -0.142. The average Bonchev–Trinajstić information content (AvgIpc) is 2.43. The summed E-state index contributed by atoms with van der Waals surface area (Å²) in [6, 6.07) is 1.26. The Morgan fingerprint density at radius 1 is 1.40 bits per heavy atom. The lowest BCUT2D eigenvalue weighted by Crippen LogP contribution is -2.33. The fourth-order valence-electron chi connectivity index (χ4n) is 3.02. The van der Waals surface area contributed by atoms with Crippen LogP contribution in [0.5, 0.6) is 5.75 Å². The van der Waals surface area contributed by atoms with Gasteiger partial charge < -0.3 is 14.3 Å². The van der Waals surface area contributed by atoms with E-state index in [4.69, 9.17) is 9.15 Å². The number of aromatic hydroxyl groups is 1. The molecular weight excluding hydrogens is 260 g/mol. The van der Waals surface area contributed by atoms with Crippen LogP contribution in [0.4, 0.5) is 0 Å². The van der Waals surface area contributed by atoms with Crippen LogP contribution in [0.15, 0.2) is 15.3 Å². The third-order valence-electron chi connectivity index (χ3n) is 4.05. The second kappa shape index (κ2) is 5.69. The Morgan fingerprint density at radius 3 is 2.65 bits per heavy atom. The highest BCUT2D eigenvalue weighted by Crippen LogP contribution is 2.45. The van der Waals surface area contributed by atoms with Crippen LogP contribution in [0.25, 0.3) is 0 Å². The van der Waals surface area contributed by atoms with Gasteiger partial charge in [-0.25, -0.2) is 0 Å². The summed E-state index contributed by atoms with van der Waals surface area (Å²) in [5.41, 5.74) is -1.08. The van der Waals surface area contributed by atoms with E-state index >= 15 is 0 Å². The SMILES string of the molecule is COC(=O)CC1(c2oc(C)cc(=O)c2O)CCCCC1. The number of rotatable bonds is 3. The zero-order valence-electron chi connectivity index (χ0n) is 11.9. The molecule has 1 fully saturated rings. The molecule has 5 nitrogen and oxygen atoms in total. The second-order valence-electron chi connectivity index (χ2n) is 5.49. The highest BCUT2D eigenvalue weighted by molar-refractivity contribution is 5.71. The fourth-order valence-corrected chi connectivity index (χ4v) is 3.02. The first-order valence-corrected chi connectivity index (χ1v) is 6.89. The second-order valence-corrected chi connectivity index (χ2v) is 5.49. The molecular formula is C15H20O5. The number of hydrogen-bond donors (Lipinski definition) is 1. The van der Waals surface area contributed by atoms with Crippen LogP contribution in [0, 0.1) is 6.92 Å². The van der Waals surface area contributed by atoms with Crippen molar-refractivity contribution in [2.45, 2.75) is 50.9 Å². The molecule has 1 aliphatic rings. The van der Waals surface area contributed by atoms with Gasteiger partial charge in [-0.15, -0.1) is 0 Å². The van der Waals surface area contributed by atoms with Gasteiger partial charge in [0.2, 0.25) is 11.2 Å². The van der Waals surface area contributed by atoms with Crippen LogP contribution < -0.4 is 5.43 Å². The van der Waals surface area contributed by atoms with Gasteiger partial charge in [0.1, 0.15) is 5.76 Å². The van der Waals surface area contributed by atoms with Gasteiger partial charge in [-0.2, -0.15) is 0 Å². The van der Waals surface area contributed by atoms with Gasteiger partial charge in [-0.1, -0.05) is 19.3 Å². The van der Waals surface area contributed by atoms with Gasteiger partial charge >= 0.3 is 5.97 Å². The molecule has 1 saturated carbocycles. The average molecular weight is 280 g/mol. The maximum atomic E-state index is 11.8. The Morgan fingerprint density at radius 2 is 2.05 bits per heavy atom. The van der Waals surface area contributed by atoms with Crippen molar-refractivity contribution in [3.63, 3.8) is 0 Å². The van der Waals surface area contributed by atoms with E-state index in [1.165, 1.54) is 13.2 Å². The Kier molecular flexibility index (Phi) is 4.16. The molecule has 0 bridgehead atoms. The molecule has 0 saturated heterocycles. The first kappa shape index (κ1) is 14.6. The van der Waals surface area contributed by atoms with E-state index < -0.39 is 10.8 Å². The van der Waals surface area contributed by atoms with E-state index in [1.807, 2.05) is 0 Å². The smallest absolute Gasteiger partial charge is 0.306 e. The molecule has 1 N–H and O–H groups in total. The predicted molar refractivity (Wildman–Crippen MR) is 72.8 cm³/mol. The summed E-state index contributed by atoms with van der Waals surface area (Å²) < 4.78 is 10.4. The molecule has 0 atom stereocenters. The number of methoxy groups -OCH3 is 1. The van der Waals surface area contributed by atoms with Crippen molar-refractivity contribution in [3.8, 4) is 5.75 Å². The van der Waals surface area contributed by atoms with Gasteiger partial charge in [0.05, 0.1) is 13.5 Å². The number of ether oxygens (including phenoxy) is 1. The van der Waals surface area contributed by atoms with E-state index in [0.29, 0.717) is 18.6 Å². The zero-order chi connectivity index (χ0) is 14.8. The highest BCUT2D eigenvalue weighted by atomic mass is 16.5. The number of hydrogen-bond acceptors (Lipinski definition) is 5. The number of aryl methyl sites for hydroxylation is 1. The number of carbonyl (C=O) groups excluding carboxylic acids is 1. The minimum atomic E-state index is -0.624. The van der Waals surface area contributed by atoms with Crippen molar-refractivity contribution in [1.82, 2.24) is 0 Å². The summed E-state index contributed by atoms with van der Waals surface area (Å²) >= 11 is 0. The molecule has 1 aliphatic carbocycles. The molecule has 1 heterocycles. The quantitative estimate of drug-likeness (QED) is 0.860. The van der Waals surface area contributed by atoms with E-state index in [-0.39, 0.29) is 23.9 Å². The molecule has 20 heavy (non-hydrogen) atoms. The number of esters is 1. The van der Waals surface area contributed by atoms with E-state index in [9.17, 15) is 14.7 Å². The first-order chi connectivity index (χ1) is 9.48. The molecule has 110 valence electrons. The first-order valence-electron chi connectivity index (χ1n) is 6.89. The summed E-state index contributed by atoms with van der Waals surface area (Å²) in [4.78, 5) is 23.5. The Hall–Kier alpha value is -1.78. The molecule has 0 amide bonds. The normalized spacial score (nSPS) is 17.7. The lowest BCUT2D eigenvalue weighted by atomic mass is 9.69. The van der Waals surface area contributed by atoms with Gasteiger partial charge in [-0.3, -0.25) is 9.59 Å². The molecule has 2 rings (SSSR count). The van der Waals surface area contributed by atoms with Crippen LogP contribution in [0.1, 0.15) is 50.0 Å². The summed E-state index contributed by atoms with van der Waals surface area (Å²) in [6.45, 7) is 1.67. The highest BCUT2D eigenvalue weighted by Gasteiger charge is 2.41. The van der Waals surface area contributed by atoms with Crippen LogP contribution in [-0.4, -0.2) is 18.2 Å². The third kappa shape index (κ3) is 2.71. The summed E-state index contributed by atoms with van der Waals surface area (Å²) in [7, 11) is 1.34. The van der Waals surface area contributed by atoms with Crippen molar-refractivity contribution >= 4 is 5.97 Å². The third-order valence-corrected chi connectivity index (χ3v) is 4.05. The van der Waals surface area contributed by atoms with Gasteiger partial charge in [0.15, 0.2) is 5.76 Å². The molecule has 1 aromatic rings. The maximum absolute atomic E-state index is 11.8. The molecule has 0 radical (unpaired) electrons. The monoisotopic (exact) mass is 280 g/mol. The van der Waals surface area contributed by atoms with E-state index in [0.717, 1.165) is 19.3 Å². The van der Waals surface area contributed by atoms with Gasteiger partial charge in [-0.05, 0) is 19.8 Å². The van der Waals surface area contributed by atoms with Crippen molar-refractivity contribution in [1.29, 1.82) is 0 Å². The van der Waals surface area contributed by atoms with Crippen molar-refractivity contribution in [2.75, 3.05) is 7.11 Å². The summed E-state index contributed by atoms with van der Waals surface area (Å²) in [5, 5.41) is 10.1. The Balaban J connectivity index is 2.51. The predicted octanol–water partition coefficient (Wildman–Crippen LogP) is 2.42. The van der Waals surface area contributed by atoms with Gasteiger partial charge in [0.25, 0.3) is 0 Å². The van der Waals surface area contributed by atoms with Crippen LogP contribution in [0.3, 0.4) is 0 Å². The van der Waals surface area contributed by atoms with Crippen molar-refractivity contribution in [2.24, 2.45) is 0 Å². The van der Waals surface area contributed by atoms with Crippen LogP contribution in [0.2, 0.25) is 0 Å². The minimum absolute atomic E-state index is 0.128. The molecule has 0 spiro atoms. The fraction of sp³-hybridized carbons (Fsp3) is 0.600. The molecule has 0 aromatic carbocycles. The standard InChI is InChI=1S/C15H20O5/c1-10-8-11(16)13(18)14(20-10)15(9-12(17)19-2)6-4-3-5-7-15/h8,18H,3-7,9H2,1-2H3. The molecule has 0 aliphatic heterocycles. The Bertz CT molecular complexity index is 552. The maximum Gasteiger partial charge on any atom is 0.306 e. The van der Waals surface area contributed by atoms with Crippen molar-refractivity contribution in [3.05, 3.63) is 27.8 Å². The zero-order valence-corrected chi connectivity index (χ0v) is 11.9. The Labute approximate surface area is 117 Å². The molecule has 0 unspecified atom stereocenters.